The van der Waals surface area contributed by atoms with E-state index in [9.17, 15) is 13.2 Å². The first-order valence-electron chi connectivity index (χ1n) is 7.24. The number of benzene rings is 1. The van der Waals surface area contributed by atoms with Gasteiger partial charge in [-0.05, 0) is 17.7 Å². The molecule has 0 aliphatic carbocycles. The summed E-state index contributed by atoms with van der Waals surface area (Å²) in [5.74, 6) is 0.417. The van der Waals surface area contributed by atoms with Crippen molar-refractivity contribution in [2.75, 3.05) is 24.6 Å². The molecular weight excluding hydrogens is 321 g/mol. The van der Waals surface area contributed by atoms with Crippen molar-refractivity contribution in [1.29, 1.82) is 5.26 Å². The molecule has 3 rings (SSSR count). The lowest BCUT2D eigenvalue weighted by Gasteiger charge is -2.34. The zero-order chi connectivity index (χ0) is 17.2. The largest absolute Gasteiger partial charge is 0.416 e. The van der Waals surface area contributed by atoms with Gasteiger partial charge in [-0.2, -0.15) is 18.4 Å². The van der Waals surface area contributed by atoms with Gasteiger partial charge in [0, 0.05) is 25.5 Å². The Morgan fingerprint density at radius 2 is 2.04 bits per heavy atom. The van der Waals surface area contributed by atoms with E-state index in [1.165, 1.54) is 18.5 Å². The number of anilines is 1. The van der Waals surface area contributed by atoms with Crippen LogP contribution in [0, 0.1) is 11.3 Å². The van der Waals surface area contributed by atoms with Gasteiger partial charge >= 0.3 is 6.18 Å². The van der Waals surface area contributed by atoms with Gasteiger partial charge in [-0.15, -0.1) is 0 Å². The quantitative estimate of drug-likeness (QED) is 0.845. The van der Waals surface area contributed by atoms with Crippen LogP contribution in [0.25, 0.3) is 0 Å². The molecule has 124 valence electrons. The van der Waals surface area contributed by atoms with Crippen molar-refractivity contribution >= 4 is 5.82 Å². The molecule has 1 aliphatic heterocycles. The van der Waals surface area contributed by atoms with Gasteiger partial charge < -0.3 is 9.64 Å². The second-order valence-electron chi connectivity index (χ2n) is 5.27. The van der Waals surface area contributed by atoms with Crippen molar-refractivity contribution in [1.82, 2.24) is 9.97 Å². The third kappa shape index (κ3) is 3.31. The Hall–Kier alpha value is -2.66. The minimum Gasteiger partial charge on any atom is -0.370 e. The number of hydrogen-bond acceptors (Lipinski definition) is 5. The molecule has 0 N–H and O–H groups in total. The molecule has 0 unspecified atom stereocenters. The van der Waals surface area contributed by atoms with Gasteiger partial charge in [0.15, 0.2) is 11.5 Å². The van der Waals surface area contributed by atoms with Crippen molar-refractivity contribution < 1.29 is 17.9 Å². The van der Waals surface area contributed by atoms with Crippen LogP contribution >= 0.6 is 0 Å². The first-order chi connectivity index (χ1) is 11.5. The topological polar surface area (TPSA) is 62.0 Å². The molecule has 1 fully saturated rings. The smallest absolute Gasteiger partial charge is 0.370 e. The zero-order valence-electron chi connectivity index (χ0n) is 12.5. The van der Waals surface area contributed by atoms with E-state index < -0.39 is 17.8 Å². The first kappa shape index (κ1) is 16.2. The molecule has 0 saturated carbocycles. The van der Waals surface area contributed by atoms with Crippen LogP contribution in [0.4, 0.5) is 19.0 Å². The predicted molar refractivity (Wildman–Crippen MR) is 79.1 cm³/mol. The van der Waals surface area contributed by atoms with Crippen molar-refractivity contribution in [2.45, 2.75) is 12.3 Å². The van der Waals surface area contributed by atoms with Crippen LogP contribution in [0.1, 0.15) is 22.9 Å². The highest BCUT2D eigenvalue weighted by Gasteiger charge is 2.32. The Labute approximate surface area is 136 Å². The van der Waals surface area contributed by atoms with E-state index in [4.69, 9.17) is 10.00 Å². The van der Waals surface area contributed by atoms with E-state index in [0.717, 1.165) is 12.1 Å². The summed E-state index contributed by atoms with van der Waals surface area (Å²) in [5, 5.41) is 9.12. The number of hydrogen-bond donors (Lipinski definition) is 0. The van der Waals surface area contributed by atoms with Crippen LogP contribution in [-0.4, -0.2) is 29.7 Å². The lowest BCUT2D eigenvalue weighted by Crippen LogP contribution is -2.39. The molecule has 8 heteroatoms. The van der Waals surface area contributed by atoms with Gasteiger partial charge in [-0.3, -0.25) is 0 Å². The molecule has 0 bridgehead atoms. The standard InChI is InChI=1S/C16H13F3N4O/c17-16(18,19)12-3-1-2-11(8-12)14-10-23(6-7-24-14)15-13(9-20)21-4-5-22-15/h1-5,8,14H,6-7,10H2/t14-/m0/s1. The van der Waals surface area contributed by atoms with E-state index in [1.807, 2.05) is 6.07 Å². The number of nitrogens with zero attached hydrogens (tertiary/aromatic N) is 4. The maximum Gasteiger partial charge on any atom is 0.416 e. The molecule has 1 aromatic heterocycles. The van der Waals surface area contributed by atoms with Crippen molar-refractivity contribution in [2.24, 2.45) is 0 Å². The summed E-state index contributed by atoms with van der Waals surface area (Å²) < 4.78 is 44.2. The van der Waals surface area contributed by atoms with Crippen LogP contribution in [0.5, 0.6) is 0 Å². The average Bonchev–Trinajstić information content (AvgIpc) is 2.61. The maximum atomic E-state index is 12.9. The summed E-state index contributed by atoms with van der Waals surface area (Å²) >= 11 is 0. The van der Waals surface area contributed by atoms with Crippen molar-refractivity contribution in [3.05, 3.63) is 53.5 Å². The molecule has 0 radical (unpaired) electrons. The Morgan fingerprint density at radius 3 is 2.79 bits per heavy atom. The van der Waals surface area contributed by atoms with Crippen LogP contribution in [0.2, 0.25) is 0 Å². The van der Waals surface area contributed by atoms with Crippen LogP contribution < -0.4 is 4.90 Å². The Bertz CT molecular complexity index is 772. The Morgan fingerprint density at radius 1 is 1.25 bits per heavy atom. The first-order valence-corrected chi connectivity index (χ1v) is 7.24. The highest BCUT2D eigenvalue weighted by Crippen LogP contribution is 2.32. The second-order valence-corrected chi connectivity index (χ2v) is 5.27. The molecule has 5 nitrogen and oxygen atoms in total. The van der Waals surface area contributed by atoms with Gasteiger partial charge in [0.05, 0.1) is 12.2 Å². The fraction of sp³-hybridized carbons (Fsp3) is 0.312. The number of rotatable bonds is 2. The van der Waals surface area contributed by atoms with E-state index in [-0.39, 0.29) is 5.69 Å². The number of aromatic nitrogens is 2. The molecule has 1 atom stereocenters. The Kier molecular flexibility index (Phi) is 4.36. The Balaban J connectivity index is 1.85. The molecule has 1 aromatic carbocycles. The highest BCUT2D eigenvalue weighted by molar-refractivity contribution is 5.50. The van der Waals surface area contributed by atoms with Crippen LogP contribution in [0.15, 0.2) is 36.7 Å². The average molecular weight is 334 g/mol. The fourth-order valence-corrected chi connectivity index (χ4v) is 2.60. The van der Waals surface area contributed by atoms with Gasteiger partial charge in [0.1, 0.15) is 12.2 Å². The second kappa shape index (κ2) is 6.45. The zero-order valence-corrected chi connectivity index (χ0v) is 12.5. The van der Waals surface area contributed by atoms with Crippen LogP contribution in [-0.2, 0) is 10.9 Å². The summed E-state index contributed by atoms with van der Waals surface area (Å²) in [6, 6.07) is 7.06. The van der Waals surface area contributed by atoms with Gasteiger partial charge in [-0.25, -0.2) is 9.97 Å². The van der Waals surface area contributed by atoms with Crippen LogP contribution in [0.3, 0.4) is 0 Å². The minimum absolute atomic E-state index is 0.183. The lowest BCUT2D eigenvalue weighted by atomic mass is 10.0. The lowest BCUT2D eigenvalue weighted by molar-refractivity contribution is -0.137. The molecule has 24 heavy (non-hydrogen) atoms. The maximum absolute atomic E-state index is 12.9. The predicted octanol–water partition coefficient (Wildman–Crippen LogP) is 2.94. The number of morpholine rings is 1. The summed E-state index contributed by atoms with van der Waals surface area (Å²) in [5.41, 5.74) is -0.0861. The van der Waals surface area contributed by atoms with Gasteiger partial charge in [0.2, 0.25) is 0 Å². The van der Waals surface area contributed by atoms with Gasteiger partial charge in [-0.1, -0.05) is 12.1 Å². The molecular formula is C16H13F3N4O. The molecule has 2 heterocycles. The SMILES string of the molecule is N#Cc1nccnc1N1CCO[C@H](c2cccc(C(F)(F)F)c2)C1. The third-order valence-corrected chi connectivity index (χ3v) is 3.74. The molecule has 1 aliphatic rings. The number of halogens is 3. The summed E-state index contributed by atoms with van der Waals surface area (Å²) in [7, 11) is 0. The third-order valence-electron chi connectivity index (χ3n) is 3.74. The molecule has 2 aromatic rings. The number of ether oxygens (including phenoxy) is 1. The van der Waals surface area contributed by atoms with E-state index >= 15 is 0 Å². The van der Waals surface area contributed by atoms with E-state index in [0.29, 0.717) is 31.1 Å². The van der Waals surface area contributed by atoms with E-state index in [1.54, 1.807) is 11.0 Å². The number of nitriles is 1. The van der Waals surface area contributed by atoms with Crippen molar-refractivity contribution in [3.63, 3.8) is 0 Å². The normalized spacial score (nSPS) is 18.2. The summed E-state index contributed by atoms with van der Waals surface area (Å²) in [6.45, 7) is 1.11. The van der Waals surface area contributed by atoms with E-state index in [2.05, 4.69) is 9.97 Å². The minimum atomic E-state index is -4.40. The molecule has 0 amide bonds. The summed E-state index contributed by atoms with van der Waals surface area (Å²) in [6.07, 6.45) is -2.03. The summed E-state index contributed by atoms with van der Waals surface area (Å²) in [4.78, 5) is 9.93. The molecule has 1 saturated heterocycles. The fourth-order valence-electron chi connectivity index (χ4n) is 2.60. The molecule has 0 spiro atoms. The van der Waals surface area contributed by atoms with Gasteiger partial charge in [0.25, 0.3) is 0 Å². The highest BCUT2D eigenvalue weighted by atomic mass is 19.4. The monoisotopic (exact) mass is 334 g/mol. The van der Waals surface area contributed by atoms with Crippen molar-refractivity contribution in [3.8, 4) is 6.07 Å². The number of alkyl halides is 3.